The third kappa shape index (κ3) is 6.25. The molecule has 5 unspecified atom stereocenters. The monoisotopic (exact) mass is 467 g/mol. The van der Waals surface area contributed by atoms with Crippen LogP contribution in [-0.2, 0) is 38.1 Å². The van der Waals surface area contributed by atoms with E-state index in [4.69, 9.17) is 33.2 Å². The Kier molecular flexibility index (Phi) is 7.59. The Morgan fingerprint density at radius 2 is 1.61 bits per heavy atom. The zero-order chi connectivity index (χ0) is 24.1. The highest BCUT2D eigenvalue weighted by atomic mass is 16.7. The van der Waals surface area contributed by atoms with Gasteiger partial charge >= 0.3 is 17.9 Å². The summed E-state index contributed by atoms with van der Waals surface area (Å²) in [6.07, 6.45) is -4.68. The van der Waals surface area contributed by atoms with E-state index in [-0.39, 0.29) is 13.4 Å². The van der Waals surface area contributed by atoms with E-state index >= 15 is 0 Å². The van der Waals surface area contributed by atoms with Crippen molar-refractivity contribution in [3.63, 3.8) is 0 Å². The molecule has 5 atom stereocenters. The van der Waals surface area contributed by atoms with Crippen molar-refractivity contribution < 1.29 is 52.3 Å². The highest BCUT2D eigenvalue weighted by molar-refractivity contribution is 5.73. The van der Waals surface area contributed by atoms with Gasteiger partial charge in [0.15, 0.2) is 23.7 Å². The number of hydrogen-bond acceptors (Lipinski definition) is 11. The van der Waals surface area contributed by atoms with E-state index in [1.807, 2.05) is 0 Å². The van der Waals surface area contributed by atoms with Crippen molar-refractivity contribution in [2.75, 3.05) is 13.4 Å². The molecule has 1 N–H and O–H groups in total. The van der Waals surface area contributed by atoms with Crippen LogP contribution in [0, 0.1) is 0 Å². The molecule has 0 saturated carbocycles. The van der Waals surface area contributed by atoms with Crippen molar-refractivity contribution in [3.05, 3.63) is 18.2 Å². The zero-order valence-corrected chi connectivity index (χ0v) is 18.5. The molecular weight excluding hydrogens is 442 g/mol. The van der Waals surface area contributed by atoms with Crippen molar-refractivity contribution in [3.8, 4) is 17.2 Å². The Balaban J connectivity index is 1.95. The number of amides is 1. The van der Waals surface area contributed by atoms with Crippen LogP contribution in [0.15, 0.2) is 18.2 Å². The molecule has 12 heteroatoms. The van der Waals surface area contributed by atoms with Crippen molar-refractivity contribution in [2.45, 2.75) is 58.3 Å². The molecule has 1 amide bonds. The fraction of sp³-hybridized carbons (Fsp3) is 0.524. The van der Waals surface area contributed by atoms with E-state index < -0.39 is 54.5 Å². The second kappa shape index (κ2) is 10.4. The molecule has 3 rings (SSSR count). The summed E-state index contributed by atoms with van der Waals surface area (Å²) < 4.78 is 38.3. The number of benzene rings is 1. The largest absolute Gasteiger partial charge is 0.463 e. The molecule has 12 nitrogen and oxygen atoms in total. The lowest BCUT2D eigenvalue weighted by molar-refractivity contribution is -0.257. The van der Waals surface area contributed by atoms with Crippen LogP contribution in [0.4, 0.5) is 0 Å². The minimum absolute atomic E-state index is 0.0658. The maximum atomic E-state index is 11.9. The number of nitrogens with one attached hydrogen (secondary N) is 1. The molecule has 0 aromatic heterocycles. The average molecular weight is 467 g/mol. The van der Waals surface area contributed by atoms with E-state index in [0.717, 1.165) is 6.92 Å². The molecule has 0 spiro atoms. The molecule has 0 aliphatic carbocycles. The van der Waals surface area contributed by atoms with E-state index in [1.165, 1.54) is 20.8 Å². The smallest absolute Gasteiger partial charge is 0.303 e. The quantitative estimate of drug-likeness (QED) is 0.441. The fourth-order valence-corrected chi connectivity index (χ4v) is 3.48. The molecule has 33 heavy (non-hydrogen) atoms. The van der Waals surface area contributed by atoms with Crippen molar-refractivity contribution in [1.82, 2.24) is 5.32 Å². The second-order valence-corrected chi connectivity index (χ2v) is 7.35. The minimum atomic E-state index is -1.22. The highest BCUT2D eigenvalue weighted by Gasteiger charge is 2.52. The van der Waals surface area contributed by atoms with Gasteiger partial charge in [0, 0.05) is 33.8 Å². The molecule has 2 aliphatic heterocycles. The molecule has 180 valence electrons. The fourth-order valence-electron chi connectivity index (χ4n) is 3.48. The normalized spacial score (nSPS) is 25.5. The third-order valence-electron chi connectivity index (χ3n) is 4.67. The first-order valence-corrected chi connectivity index (χ1v) is 10.1. The van der Waals surface area contributed by atoms with Crippen molar-refractivity contribution in [1.29, 1.82) is 0 Å². The number of hydrogen-bond donors (Lipinski definition) is 1. The predicted molar refractivity (Wildman–Crippen MR) is 107 cm³/mol. The maximum Gasteiger partial charge on any atom is 0.303 e. The summed E-state index contributed by atoms with van der Waals surface area (Å²) in [5.74, 6) is -1.16. The summed E-state index contributed by atoms with van der Waals surface area (Å²) in [6.45, 7) is 4.54. The highest BCUT2D eigenvalue weighted by Crippen LogP contribution is 2.36. The molecule has 0 radical (unpaired) electrons. The summed E-state index contributed by atoms with van der Waals surface area (Å²) in [4.78, 5) is 47.0. The van der Waals surface area contributed by atoms with E-state index in [0.29, 0.717) is 17.2 Å². The summed E-state index contributed by atoms with van der Waals surface area (Å²) in [6, 6.07) is 3.73. The second-order valence-electron chi connectivity index (χ2n) is 7.35. The first kappa shape index (κ1) is 24.1. The van der Waals surface area contributed by atoms with Crippen LogP contribution < -0.4 is 19.5 Å². The molecule has 1 saturated heterocycles. The Hall–Kier alpha value is -3.54. The molecule has 0 bridgehead atoms. The van der Waals surface area contributed by atoms with E-state index in [9.17, 15) is 19.2 Å². The van der Waals surface area contributed by atoms with Crippen molar-refractivity contribution >= 4 is 23.8 Å². The average Bonchev–Trinajstić information content (AvgIpc) is 3.18. The van der Waals surface area contributed by atoms with Crippen LogP contribution in [0.1, 0.15) is 27.7 Å². The summed E-state index contributed by atoms with van der Waals surface area (Å²) in [5, 5.41) is 2.63. The number of esters is 3. The van der Waals surface area contributed by atoms with Gasteiger partial charge in [-0.3, -0.25) is 19.2 Å². The van der Waals surface area contributed by atoms with Crippen LogP contribution in [0.3, 0.4) is 0 Å². The van der Waals surface area contributed by atoms with Gasteiger partial charge in [-0.05, 0) is 12.1 Å². The number of carbonyl (C=O) groups excluding carboxylic acids is 4. The van der Waals surface area contributed by atoms with E-state index in [1.54, 1.807) is 18.2 Å². The Morgan fingerprint density at radius 1 is 0.939 bits per heavy atom. The first-order valence-electron chi connectivity index (χ1n) is 10.1. The molecular formula is C21H25NO11. The number of fused-ring (bicyclic) bond motifs is 1. The molecule has 2 aliphatic rings. The van der Waals surface area contributed by atoms with Gasteiger partial charge in [-0.15, -0.1) is 0 Å². The lowest BCUT2D eigenvalue weighted by Crippen LogP contribution is -2.67. The zero-order valence-electron chi connectivity index (χ0n) is 18.5. The van der Waals surface area contributed by atoms with Crippen molar-refractivity contribution in [2.24, 2.45) is 0 Å². The lowest BCUT2D eigenvalue weighted by atomic mass is 9.96. The predicted octanol–water partition coefficient (Wildman–Crippen LogP) is 0.450. The molecule has 1 fully saturated rings. The first-order chi connectivity index (χ1) is 15.6. The van der Waals surface area contributed by atoms with Gasteiger partial charge in [0.2, 0.25) is 19.0 Å². The van der Waals surface area contributed by atoms with Gasteiger partial charge in [-0.2, -0.15) is 0 Å². The van der Waals surface area contributed by atoms with Gasteiger partial charge in [0.1, 0.15) is 24.5 Å². The van der Waals surface area contributed by atoms with Gasteiger partial charge < -0.3 is 38.5 Å². The molecule has 1 aromatic rings. The molecule has 1 aromatic carbocycles. The van der Waals surface area contributed by atoms with E-state index in [2.05, 4.69) is 5.32 Å². The van der Waals surface area contributed by atoms with Gasteiger partial charge in [0.25, 0.3) is 0 Å². The standard InChI is InChI=1S/C21H25NO11/c1-10(23)22-18-20(31-13(4)26)19(30-12(3)25)17(8-27-11(2)24)33-21(18)32-14-5-6-15-16(7-14)29-9-28-15/h5-7,17-21H,8-9H2,1-4H3,(H,22,23). The molecule has 2 heterocycles. The van der Waals surface area contributed by atoms with Gasteiger partial charge in [-0.1, -0.05) is 0 Å². The van der Waals surface area contributed by atoms with Gasteiger partial charge in [-0.25, -0.2) is 0 Å². The summed E-state index contributed by atoms with van der Waals surface area (Å²) >= 11 is 0. The van der Waals surface area contributed by atoms with Gasteiger partial charge in [0.05, 0.1) is 0 Å². The summed E-state index contributed by atoms with van der Waals surface area (Å²) in [7, 11) is 0. The number of rotatable bonds is 7. The van der Waals surface area contributed by atoms with Crippen LogP contribution in [0.25, 0.3) is 0 Å². The lowest BCUT2D eigenvalue weighted by Gasteiger charge is -2.44. The Morgan fingerprint density at radius 3 is 2.24 bits per heavy atom. The SMILES string of the molecule is CC(=O)NC1C(Oc2ccc3c(c2)OCO3)OC(COC(C)=O)C(OC(C)=O)C1OC(C)=O. The van der Waals surface area contributed by atoms with Crippen LogP contribution in [0.2, 0.25) is 0 Å². The van der Waals surface area contributed by atoms with Crippen LogP contribution >= 0.6 is 0 Å². The topological polar surface area (TPSA) is 145 Å². The minimum Gasteiger partial charge on any atom is -0.463 e. The number of ether oxygens (including phenoxy) is 7. The Labute approximate surface area is 189 Å². The number of carbonyl (C=O) groups is 4. The summed E-state index contributed by atoms with van der Waals surface area (Å²) in [5.41, 5.74) is 0. The maximum absolute atomic E-state index is 11.9. The van der Waals surface area contributed by atoms with Crippen LogP contribution in [0.5, 0.6) is 17.2 Å². The third-order valence-corrected chi connectivity index (χ3v) is 4.67. The van der Waals surface area contributed by atoms with Crippen LogP contribution in [-0.4, -0.2) is 67.9 Å². The Bertz CT molecular complexity index is 917.